The molecular formula is C15H14N4O2. The van der Waals surface area contributed by atoms with Gasteiger partial charge in [0.15, 0.2) is 0 Å². The molecule has 0 fully saturated rings. The molecule has 2 N–H and O–H groups in total. The van der Waals surface area contributed by atoms with Gasteiger partial charge in [-0.15, -0.1) is 0 Å². The van der Waals surface area contributed by atoms with Gasteiger partial charge < -0.3 is 14.8 Å². The lowest BCUT2D eigenvalue weighted by molar-refractivity contribution is -0.118. The Hall–Kier alpha value is -2.89. The molecule has 0 aliphatic carbocycles. The number of aromatic nitrogens is 3. The van der Waals surface area contributed by atoms with Crippen LogP contribution in [0.3, 0.4) is 0 Å². The second-order valence-corrected chi connectivity index (χ2v) is 4.78. The van der Waals surface area contributed by atoms with E-state index in [4.69, 9.17) is 10.3 Å². The summed E-state index contributed by atoms with van der Waals surface area (Å²) >= 11 is 0. The van der Waals surface area contributed by atoms with Crippen LogP contribution < -0.4 is 5.73 Å². The Morgan fingerprint density at radius 3 is 2.76 bits per heavy atom. The molecule has 0 spiro atoms. The van der Waals surface area contributed by atoms with Crippen molar-refractivity contribution in [1.29, 1.82) is 0 Å². The molecule has 0 aliphatic heterocycles. The van der Waals surface area contributed by atoms with Crippen molar-refractivity contribution in [3.8, 4) is 23.0 Å². The first kappa shape index (κ1) is 13.1. The van der Waals surface area contributed by atoms with Gasteiger partial charge in [0.25, 0.3) is 5.89 Å². The molecule has 3 aromatic rings. The first-order valence-electron chi connectivity index (χ1n) is 6.48. The van der Waals surface area contributed by atoms with Crippen molar-refractivity contribution in [2.24, 2.45) is 5.73 Å². The van der Waals surface area contributed by atoms with Gasteiger partial charge in [0, 0.05) is 11.8 Å². The summed E-state index contributed by atoms with van der Waals surface area (Å²) in [5, 5.41) is 3.98. The molecule has 0 radical (unpaired) electrons. The van der Waals surface area contributed by atoms with Gasteiger partial charge in [0.1, 0.15) is 12.2 Å². The lowest BCUT2D eigenvalue weighted by Crippen LogP contribution is -2.18. The fourth-order valence-electron chi connectivity index (χ4n) is 2.06. The van der Waals surface area contributed by atoms with Crippen molar-refractivity contribution in [3.63, 3.8) is 0 Å². The molecule has 1 aromatic carbocycles. The van der Waals surface area contributed by atoms with Crippen molar-refractivity contribution >= 4 is 5.91 Å². The second-order valence-electron chi connectivity index (χ2n) is 4.78. The Morgan fingerprint density at radius 1 is 1.29 bits per heavy atom. The van der Waals surface area contributed by atoms with Gasteiger partial charge in [-0.25, -0.2) is 0 Å². The fraction of sp³-hybridized carbons (Fsp3) is 0.133. The standard InChI is InChI=1S/C15H14N4O2/c1-10-4-6-11(7-5-10)14-17-15(21-18-14)12-3-2-8-19(12)9-13(16)20/h2-8H,9H2,1H3,(H2,16,20). The van der Waals surface area contributed by atoms with Crippen LogP contribution in [0.1, 0.15) is 5.56 Å². The van der Waals surface area contributed by atoms with Crippen LogP contribution in [-0.4, -0.2) is 20.6 Å². The van der Waals surface area contributed by atoms with Crippen molar-refractivity contribution in [1.82, 2.24) is 14.7 Å². The molecule has 2 aromatic heterocycles. The molecule has 1 amide bonds. The Balaban J connectivity index is 1.93. The summed E-state index contributed by atoms with van der Waals surface area (Å²) in [6.45, 7) is 2.09. The van der Waals surface area contributed by atoms with Gasteiger partial charge in [-0.3, -0.25) is 4.79 Å². The van der Waals surface area contributed by atoms with E-state index in [-0.39, 0.29) is 6.54 Å². The number of primary amides is 1. The monoisotopic (exact) mass is 282 g/mol. The van der Waals surface area contributed by atoms with Crippen LogP contribution in [0.15, 0.2) is 47.1 Å². The third-order valence-corrected chi connectivity index (χ3v) is 3.11. The third kappa shape index (κ3) is 2.69. The van der Waals surface area contributed by atoms with E-state index >= 15 is 0 Å². The van der Waals surface area contributed by atoms with Crippen LogP contribution in [0.5, 0.6) is 0 Å². The molecule has 21 heavy (non-hydrogen) atoms. The number of amides is 1. The first-order chi connectivity index (χ1) is 10.1. The molecule has 6 heteroatoms. The predicted molar refractivity (Wildman–Crippen MR) is 77.1 cm³/mol. The lowest BCUT2D eigenvalue weighted by atomic mass is 10.1. The number of aryl methyl sites for hydroxylation is 1. The maximum Gasteiger partial charge on any atom is 0.274 e. The van der Waals surface area contributed by atoms with Crippen molar-refractivity contribution < 1.29 is 9.32 Å². The van der Waals surface area contributed by atoms with E-state index in [0.29, 0.717) is 17.4 Å². The molecule has 0 saturated carbocycles. The number of nitrogens with two attached hydrogens (primary N) is 1. The number of carbonyl (C=O) groups is 1. The van der Waals surface area contributed by atoms with Crippen LogP contribution in [0.4, 0.5) is 0 Å². The van der Waals surface area contributed by atoms with Crippen molar-refractivity contribution in [3.05, 3.63) is 48.2 Å². The van der Waals surface area contributed by atoms with Crippen LogP contribution >= 0.6 is 0 Å². The molecule has 0 unspecified atom stereocenters. The number of hydrogen-bond donors (Lipinski definition) is 1. The lowest BCUT2D eigenvalue weighted by Gasteiger charge is -2.02. The minimum absolute atomic E-state index is 0.0740. The van der Waals surface area contributed by atoms with Crippen molar-refractivity contribution in [2.45, 2.75) is 13.5 Å². The molecule has 0 atom stereocenters. The van der Waals surface area contributed by atoms with E-state index in [1.54, 1.807) is 22.9 Å². The van der Waals surface area contributed by atoms with Gasteiger partial charge in [-0.05, 0) is 19.1 Å². The zero-order valence-corrected chi connectivity index (χ0v) is 11.5. The zero-order chi connectivity index (χ0) is 14.8. The smallest absolute Gasteiger partial charge is 0.274 e. The number of hydrogen-bond acceptors (Lipinski definition) is 4. The van der Waals surface area contributed by atoms with Gasteiger partial charge in [0.05, 0.1) is 0 Å². The summed E-state index contributed by atoms with van der Waals surface area (Å²) in [5.41, 5.74) is 7.92. The summed E-state index contributed by atoms with van der Waals surface area (Å²) in [6.07, 6.45) is 1.75. The van der Waals surface area contributed by atoms with Crippen molar-refractivity contribution in [2.75, 3.05) is 0 Å². The SMILES string of the molecule is Cc1ccc(-c2noc(-c3cccn3CC(N)=O)n2)cc1. The zero-order valence-electron chi connectivity index (χ0n) is 11.5. The normalized spacial score (nSPS) is 10.7. The van der Waals surface area contributed by atoms with Crippen LogP contribution in [0, 0.1) is 6.92 Å². The van der Waals surface area contributed by atoms with Crippen LogP contribution in [0.25, 0.3) is 23.0 Å². The molecule has 0 aliphatic rings. The Labute approximate surface area is 121 Å². The minimum Gasteiger partial charge on any atom is -0.368 e. The fourth-order valence-corrected chi connectivity index (χ4v) is 2.06. The number of rotatable bonds is 4. The van der Waals surface area contributed by atoms with Crippen LogP contribution in [-0.2, 0) is 11.3 Å². The summed E-state index contributed by atoms with van der Waals surface area (Å²) in [6, 6.07) is 11.4. The quantitative estimate of drug-likeness (QED) is 0.792. The average Bonchev–Trinajstić information content (AvgIpc) is 3.07. The Bertz CT molecular complexity index is 771. The Kier molecular flexibility index (Phi) is 3.27. The number of carbonyl (C=O) groups excluding carboxylic acids is 1. The Morgan fingerprint density at radius 2 is 2.05 bits per heavy atom. The summed E-state index contributed by atoms with van der Waals surface area (Å²) in [7, 11) is 0. The van der Waals surface area contributed by atoms with E-state index in [0.717, 1.165) is 11.1 Å². The van der Waals surface area contributed by atoms with Gasteiger partial charge in [0.2, 0.25) is 11.7 Å². The van der Waals surface area contributed by atoms with Gasteiger partial charge in [-0.2, -0.15) is 4.98 Å². The number of benzene rings is 1. The maximum absolute atomic E-state index is 11.0. The van der Waals surface area contributed by atoms with E-state index in [9.17, 15) is 4.79 Å². The van der Waals surface area contributed by atoms with E-state index in [2.05, 4.69) is 10.1 Å². The maximum atomic E-state index is 11.0. The van der Waals surface area contributed by atoms with E-state index in [1.165, 1.54) is 0 Å². The average molecular weight is 282 g/mol. The summed E-state index contributed by atoms with van der Waals surface area (Å²) in [5.74, 6) is 0.444. The molecule has 106 valence electrons. The highest BCUT2D eigenvalue weighted by molar-refractivity contribution is 5.74. The third-order valence-electron chi connectivity index (χ3n) is 3.11. The molecule has 6 nitrogen and oxygen atoms in total. The largest absolute Gasteiger partial charge is 0.368 e. The summed E-state index contributed by atoms with van der Waals surface area (Å²) in [4.78, 5) is 15.4. The highest BCUT2D eigenvalue weighted by Gasteiger charge is 2.14. The van der Waals surface area contributed by atoms with E-state index in [1.807, 2.05) is 31.2 Å². The highest BCUT2D eigenvalue weighted by Crippen LogP contribution is 2.22. The highest BCUT2D eigenvalue weighted by atomic mass is 16.5. The summed E-state index contributed by atoms with van der Waals surface area (Å²) < 4.78 is 6.96. The predicted octanol–water partition coefficient (Wildman–Crippen LogP) is 2.00. The molecule has 0 saturated heterocycles. The molecular weight excluding hydrogens is 268 g/mol. The second kappa shape index (κ2) is 5.24. The molecule has 0 bridgehead atoms. The topological polar surface area (TPSA) is 86.9 Å². The van der Waals surface area contributed by atoms with Crippen LogP contribution in [0.2, 0.25) is 0 Å². The minimum atomic E-state index is -0.425. The van der Waals surface area contributed by atoms with Gasteiger partial charge >= 0.3 is 0 Å². The first-order valence-corrected chi connectivity index (χ1v) is 6.48. The van der Waals surface area contributed by atoms with Gasteiger partial charge in [-0.1, -0.05) is 35.0 Å². The number of nitrogens with zero attached hydrogens (tertiary/aromatic N) is 3. The van der Waals surface area contributed by atoms with E-state index < -0.39 is 5.91 Å². The molecule has 3 rings (SSSR count). The molecule has 2 heterocycles.